The zero-order chi connectivity index (χ0) is 14.1. The molecule has 0 saturated heterocycles. The molecule has 1 fully saturated rings. The number of carbonyl (C=O) groups is 1. The maximum Gasteiger partial charge on any atom is 0.251 e. The lowest BCUT2D eigenvalue weighted by atomic mass is 10.1. The summed E-state index contributed by atoms with van der Waals surface area (Å²) in [4.78, 5) is 12.3. The first kappa shape index (κ1) is 13.2. The van der Waals surface area contributed by atoms with Gasteiger partial charge in [0.25, 0.3) is 5.91 Å². The van der Waals surface area contributed by atoms with E-state index < -0.39 is 0 Å². The molecule has 0 bridgehead atoms. The Morgan fingerprint density at radius 1 is 1.40 bits per heavy atom. The van der Waals surface area contributed by atoms with E-state index in [1.807, 2.05) is 42.1 Å². The Hall–Kier alpha value is -1.81. The van der Waals surface area contributed by atoms with E-state index in [9.17, 15) is 9.90 Å². The maximum atomic E-state index is 12.3. The molecule has 106 valence electrons. The SMILES string of the molecule is Cn1ccc2c(C(=O)NCC3CCCC3O)cccc21. The quantitative estimate of drug-likeness (QED) is 0.898. The lowest BCUT2D eigenvalue weighted by Crippen LogP contribution is -2.32. The third-order valence-corrected chi connectivity index (χ3v) is 4.32. The summed E-state index contributed by atoms with van der Waals surface area (Å²) in [5.41, 5.74) is 1.76. The van der Waals surface area contributed by atoms with Gasteiger partial charge in [-0.2, -0.15) is 0 Å². The number of aromatic nitrogens is 1. The summed E-state index contributed by atoms with van der Waals surface area (Å²) in [6, 6.07) is 7.73. The van der Waals surface area contributed by atoms with E-state index in [4.69, 9.17) is 0 Å². The van der Waals surface area contributed by atoms with Crippen LogP contribution < -0.4 is 5.32 Å². The average molecular weight is 272 g/mol. The minimum absolute atomic E-state index is 0.0547. The topological polar surface area (TPSA) is 54.3 Å². The van der Waals surface area contributed by atoms with Gasteiger partial charge in [0.2, 0.25) is 0 Å². The highest BCUT2D eigenvalue weighted by atomic mass is 16.3. The van der Waals surface area contributed by atoms with Gasteiger partial charge in [0, 0.05) is 42.2 Å². The van der Waals surface area contributed by atoms with Crippen LogP contribution in [0.1, 0.15) is 29.6 Å². The summed E-state index contributed by atoms with van der Waals surface area (Å²) in [6.07, 6.45) is 4.60. The van der Waals surface area contributed by atoms with Crippen molar-refractivity contribution in [3.05, 3.63) is 36.0 Å². The van der Waals surface area contributed by atoms with Crippen molar-refractivity contribution >= 4 is 16.8 Å². The van der Waals surface area contributed by atoms with Crippen LogP contribution in [0.4, 0.5) is 0 Å². The van der Waals surface area contributed by atoms with Gasteiger partial charge in [-0.1, -0.05) is 12.5 Å². The van der Waals surface area contributed by atoms with Gasteiger partial charge in [-0.3, -0.25) is 4.79 Å². The van der Waals surface area contributed by atoms with E-state index in [0.717, 1.165) is 30.2 Å². The van der Waals surface area contributed by atoms with Gasteiger partial charge in [0.05, 0.1) is 6.10 Å². The van der Waals surface area contributed by atoms with Crippen molar-refractivity contribution in [1.82, 2.24) is 9.88 Å². The zero-order valence-electron chi connectivity index (χ0n) is 11.7. The fourth-order valence-corrected chi connectivity index (χ4v) is 3.07. The second kappa shape index (κ2) is 5.29. The van der Waals surface area contributed by atoms with Gasteiger partial charge in [0.1, 0.15) is 0 Å². The predicted molar refractivity (Wildman–Crippen MR) is 78.6 cm³/mol. The Balaban J connectivity index is 1.75. The molecule has 2 unspecified atom stereocenters. The summed E-state index contributed by atoms with van der Waals surface area (Å²) in [5, 5.41) is 13.7. The molecule has 0 aliphatic heterocycles. The first-order valence-corrected chi connectivity index (χ1v) is 7.17. The number of nitrogens with zero attached hydrogens (tertiary/aromatic N) is 1. The van der Waals surface area contributed by atoms with Gasteiger partial charge >= 0.3 is 0 Å². The number of hydrogen-bond donors (Lipinski definition) is 2. The van der Waals surface area contributed by atoms with Crippen LogP contribution >= 0.6 is 0 Å². The van der Waals surface area contributed by atoms with Gasteiger partial charge in [-0.25, -0.2) is 0 Å². The maximum absolute atomic E-state index is 12.3. The Bertz CT molecular complexity index is 632. The van der Waals surface area contributed by atoms with Crippen LogP contribution in [0.3, 0.4) is 0 Å². The molecule has 2 atom stereocenters. The number of aryl methyl sites for hydroxylation is 1. The van der Waals surface area contributed by atoms with E-state index in [-0.39, 0.29) is 17.9 Å². The van der Waals surface area contributed by atoms with Crippen LogP contribution in [0.5, 0.6) is 0 Å². The molecular formula is C16H20N2O2. The number of aliphatic hydroxyl groups excluding tert-OH is 1. The molecule has 2 N–H and O–H groups in total. The third kappa shape index (κ3) is 2.31. The first-order chi connectivity index (χ1) is 9.66. The van der Waals surface area contributed by atoms with Gasteiger partial charge < -0.3 is 15.0 Å². The molecule has 20 heavy (non-hydrogen) atoms. The Kier molecular flexibility index (Phi) is 3.49. The highest BCUT2D eigenvalue weighted by Crippen LogP contribution is 2.25. The van der Waals surface area contributed by atoms with Gasteiger partial charge in [0.15, 0.2) is 0 Å². The number of rotatable bonds is 3. The van der Waals surface area contributed by atoms with Crippen LogP contribution in [-0.2, 0) is 7.05 Å². The second-order valence-electron chi connectivity index (χ2n) is 5.63. The monoisotopic (exact) mass is 272 g/mol. The lowest BCUT2D eigenvalue weighted by molar-refractivity contribution is 0.0918. The highest BCUT2D eigenvalue weighted by molar-refractivity contribution is 6.06. The number of carbonyl (C=O) groups excluding carboxylic acids is 1. The molecular weight excluding hydrogens is 252 g/mol. The molecule has 1 amide bonds. The van der Waals surface area contributed by atoms with Gasteiger partial charge in [-0.15, -0.1) is 0 Å². The molecule has 4 heteroatoms. The van der Waals surface area contributed by atoms with Crippen LogP contribution in [0, 0.1) is 5.92 Å². The summed E-state index contributed by atoms with van der Waals surface area (Å²) >= 11 is 0. The average Bonchev–Trinajstić information content (AvgIpc) is 3.03. The molecule has 0 radical (unpaired) electrons. The van der Waals surface area contributed by atoms with Gasteiger partial charge in [-0.05, 0) is 31.0 Å². The van der Waals surface area contributed by atoms with Crippen LogP contribution in [-0.4, -0.2) is 28.2 Å². The van der Waals surface area contributed by atoms with E-state index >= 15 is 0 Å². The Morgan fingerprint density at radius 3 is 3.00 bits per heavy atom. The Morgan fingerprint density at radius 2 is 2.25 bits per heavy atom. The van der Waals surface area contributed by atoms with Crippen molar-refractivity contribution in [1.29, 1.82) is 0 Å². The fraction of sp³-hybridized carbons (Fsp3) is 0.438. The minimum Gasteiger partial charge on any atom is -0.393 e. The van der Waals surface area contributed by atoms with E-state index in [1.54, 1.807) is 0 Å². The largest absolute Gasteiger partial charge is 0.393 e. The molecule has 0 spiro atoms. The summed E-state index contributed by atoms with van der Waals surface area (Å²) in [5.74, 6) is 0.148. The van der Waals surface area contributed by atoms with Crippen molar-refractivity contribution in [2.75, 3.05) is 6.54 Å². The number of nitrogens with one attached hydrogen (secondary N) is 1. The zero-order valence-corrected chi connectivity index (χ0v) is 11.7. The molecule has 3 rings (SSSR count). The number of benzene rings is 1. The van der Waals surface area contributed by atoms with Crippen molar-refractivity contribution in [3.63, 3.8) is 0 Å². The predicted octanol–water partition coefficient (Wildman–Crippen LogP) is 2.07. The number of amides is 1. The number of fused-ring (bicyclic) bond motifs is 1. The molecule has 2 aromatic rings. The van der Waals surface area contributed by atoms with Crippen LogP contribution in [0.15, 0.2) is 30.5 Å². The third-order valence-electron chi connectivity index (χ3n) is 4.32. The summed E-state index contributed by atoms with van der Waals surface area (Å²) in [7, 11) is 1.97. The summed E-state index contributed by atoms with van der Waals surface area (Å²) < 4.78 is 2.01. The van der Waals surface area contributed by atoms with Crippen molar-refractivity contribution in [3.8, 4) is 0 Å². The smallest absolute Gasteiger partial charge is 0.251 e. The summed E-state index contributed by atoms with van der Waals surface area (Å²) in [6.45, 7) is 0.559. The normalized spacial score (nSPS) is 22.3. The molecule has 1 saturated carbocycles. The molecule has 1 aromatic heterocycles. The Labute approximate surface area is 118 Å². The van der Waals surface area contributed by atoms with Crippen LogP contribution in [0.2, 0.25) is 0 Å². The molecule has 1 aliphatic rings. The van der Waals surface area contributed by atoms with Crippen LogP contribution in [0.25, 0.3) is 10.9 Å². The highest BCUT2D eigenvalue weighted by Gasteiger charge is 2.25. The number of aliphatic hydroxyl groups is 1. The van der Waals surface area contributed by atoms with E-state index in [0.29, 0.717) is 12.1 Å². The lowest BCUT2D eigenvalue weighted by Gasteiger charge is -2.15. The second-order valence-corrected chi connectivity index (χ2v) is 5.63. The first-order valence-electron chi connectivity index (χ1n) is 7.17. The van der Waals surface area contributed by atoms with E-state index in [2.05, 4.69) is 5.32 Å². The minimum atomic E-state index is -0.261. The van der Waals surface area contributed by atoms with Crippen molar-refractivity contribution in [2.45, 2.75) is 25.4 Å². The van der Waals surface area contributed by atoms with Crippen molar-refractivity contribution in [2.24, 2.45) is 13.0 Å². The molecule has 1 aromatic carbocycles. The standard InChI is InChI=1S/C16H20N2O2/c1-18-9-8-12-13(5-3-6-14(12)18)16(20)17-10-11-4-2-7-15(11)19/h3,5-6,8-9,11,15,19H,2,4,7,10H2,1H3,(H,17,20). The fourth-order valence-electron chi connectivity index (χ4n) is 3.07. The molecule has 1 heterocycles. The molecule has 1 aliphatic carbocycles. The van der Waals surface area contributed by atoms with E-state index in [1.165, 1.54) is 0 Å². The molecule has 4 nitrogen and oxygen atoms in total. The number of hydrogen-bond acceptors (Lipinski definition) is 2. The van der Waals surface area contributed by atoms with Crippen molar-refractivity contribution < 1.29 is 9.90 Å².